The van der Waals surface area contributed by atoms with Crippen LogP contribution in [-0.2, 0) is 11.4 Å². The Labute approximate surface area is 144 Å². The maximum Gasteiger partial charge on any atom is 0.248 e. The Morgan fingerprint density at radius 3 is 2.62 bits per heavy atom. The van der Waals surface area contributed by atoms with E-state index in [-0.39, 0.29) is 5.91 Å². The fraction of sp³-hybridized carbons (Fsp3) is 0.0526. The summed E-state index contributed by atoms with van der Waals surface area (Å²) < 4.78 is 5.72. The van der Waals surface area contributed by atoms with E-state index in [0.717, 1.165) is 21.9 Å². The predicted octanol–water partition coefficient (Wildman–Crippen LogP) is 4.37. The molecule has 0 atom stereocenters. The molecule has 1 amide bonds. The van der Waals surface area contributed by atoms with Crippen molar-refractivity contribution in [1.29, 1.82) is 0 Å². The second-order valence-electron chi connectivity index (χ2n) is 5.03. The average molecular weight is 336 g/mol. The number of benzene rings is 2. The third-order valence-electron chi connectivity index (χ3n) is 3.22. The van der Waals surface area contributed by atoms with Gasteiger partial charge < -0.3 is 10.1 Å². The van der Waals surface area contributed by atoms with Gasteiger partial charge in [-0.25, -0.2) is 0 Å². The van der Waals surface area contributed by atoms with E-state index in [0.29, 0.717) is 6.61 Å². The lowest BCUT2D eigenvalue weighted by atomic mass is 10.2. The fourth-order valence-corrected chi connectivity index (χ4v) is 2.54. The van der Waals surface area contributed by atoms with Crippen molar-refractivity contribution in [3.05, 3.63) is 82.8 Å². The lowest BCUT2D eigenvalue weighted by molar-refractivity contribution is -0.111. The van der Waals surface area contributed by atoms with Crippen LogP contribution in [0.2, 0.25) is 0 Å². The van der Waals surface area contributed by atoms with E-state index in [9.17, 15) is 4.79 Å². The smallest absolute Gasteiger partial charge is 0.248 e. The van der Waals surface area contributed by atoms with Crippen LogP contribution >= 0.6 is 11.3 Å². The molecule has 0 radical (unpaired) electrons. The van der Waals surface area contributed by atoms with Crippen LogP contribution in [0.3, 0.4) is 0 Å². The van der Waals surface area contributed by atoms with Gasteiger partial charge in [-0.15, -0.1) is 11.3 Å². The minimum Gasteiger partial charge on any atom is -0.489 e. The summed E-state index contributed by atoms with van der Waals surface area (Å²) in [7, 11) is 0. The molecule has 0 bridgehead atoms. The second kappa shape index (κ2) is 8.08. The largest absolute Gasteiger partial charge is 0.489 e. The maximum atomic E-state index is 11.9. The molecule has 1 aromatic heterocycles. The molecule has 0 unspecified atom stereocenters. The molecule has 4 nitrogen and oxygen atoms in total. The quantitative estimate of drug-likeness (QED) is 0.680. The van der Waals surface area contributed by atoms with Crippen LogP contribution in [0.25, 0.3) is 6.08 Å². The Balaban J connectivity index is 1.51. The molecule has 0 aliphatic heterocycles. The molecule has 5 heteroatoms. The van der Waals surface area contributed by atoms with E-state index in [1.165, 1.54) is 17.4 Å². The summed E-state index contributed by atoms with van der Waals surface area (Å²) in [6, 6.07) is 17.3. The van der Waals surface area contributed by atoms with E-state index >= 15 is 0 Å². The zero-order chi connectivity index (χ0) is 16.6. The van der Waals surface area contributed by atoms with Gasteiger partial charge in [-0.2, -0.15) is 0 Å². The normalized spacial score (nSPS) is 10.7. The van der Waals surface area contributed by atoms with Gasteiger partial charge in [-0.05, 0) is 35.9 Å². The molecular formula is C19H16N2O2S. The zero-order valence-corrected chi connectivity index (χ0v) is 13.7. The van der Waals surface area contributed by atoms with Crippen molar-refractivity contribution < 1.29 is 9.53 Å². The van der Waals surface area contributed by atoms with Crippen molar-refractivity contribution in [2.24, 2.45) is 0 Å². The molecule has 120 valence electrons. The fourth-order valence-electron chi connectivity index (χ4n) is 2.03. The number of hydrogen-bond donors (Lipinski definition) is 1. The minimum atomic E-state index is -0.179. The zero-order valence-electron chi connectivity index (χ0n) is 12.9. The second-order valence-corrected chi connectivity index (χ2v) is 5.94. The number of rotatable bonds is 6. The highest BCUT2D eigenvalue weighted by Gasteiger charge is 2.00. The van der Waals surface area contributed by atoms with E-state index in [4.69, 9.17) is 4.74 Å². The van der Waals surface area contributed by atoms with Crippen LogP contribution < -0.4 is 10.1 Å². The van der Waals surface area contributed by atoms with E-state index in [1.807, 2.05) is 54.6 Å². The van der Waals surface area contributed by atoms with Gasteiger partial charge in [0.05, 0.1) is 5.51 Å². The number of nitrogens with zero attached hydrogens (tertiary/aromatic N) is 1. The van der Waals surface area contributed by atoms with E-state index in [1.54, 1.807) is 17.8 Å². The first-order valence-electron chi connectivity index (χ1n) is 7.44. The molecule has 0 saturated carbocycles. The van der Waals surface area contributed by atoms with Crippen molar-refractivity contribution in [3.8, 4) is 5.75 Å². The molecule has 2 aromatic carbocycles. The van der Waals surface area contributed by atoms with Gasteiger partial charge in [0.2, 0.25) is 5.91 Å². The van der Waals surface area contributed by atoms with Crippen molar-refractivity contribution in [2.75, 3.05) is 5.32 Å². The molecule has 0 fully saturated rings. The van der Waals surface area contributed by atoms with Gasteiger partial charge in [0, 0.05) is 22.8 Å². The van der Waals surface area contributed by atoms with E-state index < -0.39 is 0 Å². The summed E-state index contributed by atoms with van der Waals surface area (Å²) in [5, 5.41) is 2.81. The number of ether oxygens (including phenoxy) is 1. The van der Waals surface area contributed by atoms with Crippen LogP contribution in [0.15, 0.2) is 72.4 Å². The number of anilines is 1. The van der Waals surface area contributed by atoms with Crippen molar-refractivity contribution >= 4 is 29.0 Å². The first kappa shape index (κ1) is 16.0. The number of thiazole rings is 1. The van der Waals surface area contributed by atoms with Crippen molar-refractivity contribution in [2.45, 2.75) is 6.61 Å². The standard InChI is InChI=1S/C19H16N2O2S/c22-19(11-10-18-12-20-14-24-18)21-16-6-8-17(9-7-16)23-13-15-4-2-1-3-5-15/h1-12,14H,13H2,(H,21,22)/b11-10+. The molecule has 1 N–H and O–H groups in total. The van der Waals surface area contributed by atoms with Crippen molar-refractivity contribution in [1.82, 2.24) is 4.98 Å². The third kappa shape index (κ3) is 4.79. The maximum absolute atomic E-state index is 11.9. The first-order chi connectivity index (χ1) is 11.8. The number of nitrogens with one attached hydrogen (secondary N) is 1. The molecule has 3 rings (SSSR count). The number of aromatic nitrogens is 1. The number of carbonyl (C=O) groups excluding carboxylic acids is 1. The number of hydrogen-bond acceptors (Lipinski definition) is 4. The Morgan fingerprint density at radius 2 is 1.92 bits per heavy atom. The topological polar surface area (TPSA) is 51.2 Å². The summed E-state index contributed by atoms with van der Waals surface area (Å²) in [4.78, 5) is 16.8. The van der Waals surface area contributed by atoms with Gasteiger partial charge in [-0.3, -0.25) is 9.78 Å². The van der Waals surface area contributed by atoms with Gasteiger partial charge in [0.25, 0.3) is 0 Å². The van der Waals surface area contributed by atoms with Crippen LogP contribution in [0, 0.1) is 0 Å². The summed E-state index contributed by atoms with van der Waals surface area (Å²) >= 11 is 1.48. The summed E-state index contributed by atoms with van der Waals surface area (Å²) in [5.74, 6) is 0.582. The summed E-state index contributed by atoms with van der Waals surface area (Å²) in [5.41, 5.74) is 3.57. The van der Waals surface area contributed by atoms with Crippen LogP contribution in [-0.4, -0.2) is 10.9 Å². The lowest BCUT2D eigenvalue weighted by Gasteiger charge is -2.07. The molecular weight excluding hydrogens is 320 g/mol. The Bertz CT molecular complexity index is 797. The third-order valence-corrected chi connectivity index (χ3v) is 3.96. The molecule has 1 heterocycles. The predicted molar refractivity (Wildman–Crippen MR) is 97.0 cm³/mol. The highest BCUT2D eigenvalue weighted by atomic mass is 32.1. The Hall–Kier alpha value is -2.92. The highest BCUT2D eigenvalue weighted by molar-refractivity contribution is 7.10. The Kier molecular flexibility index (Phi) is 5.37. The van der Waals surface area contributed by atoms with Gasteiger partial charge >= 0.3 is 0 Å². The monoisotopic (exact) mass is 336 g/mol. The SMILES string of the molecule is O=C(/C=C/c1cncs1)Nc1ccc(OCc2ccccc2)cc1. The molecule has 0 spiro atoms. The number of carbonyl (C=O) groups is 1. The lowest BCUT2D eigenvalue weighted by Crippen LogP contribution is -2.07. The highest BCUT2D eigenvalue weighted by Crippen LogP contribution is 2.17. The minimum absolute atomic E-state index is 0.179. The average Bonchev–Trinajstić information content (AvgIpc) is 3.14. The summed E-state index contributed by atoms with van der Waals surface area (Å²) in [6.45, 7) is 0.518. The van der Waals surface area contributed by atoms with Crippen LogP contribution in [0.5, 0.6) is 5.75 Å². The molecule has 0 aliphatic carbocycles. The van der Waals surface area contributed by atoms with Crippen molar-refractivity contribution in [3.63, 3.8) is 0 Å². The molecule has 0 aliphatic rings. The molecule has 3 aromatic rings. The first-order valence-corrected chi connectivity index (χ1v) is 8.32. The Morgan fingerprint density at radius 1 is 1.12 bits per heavy atom. The van der Waals surface area contributed by atoms with Gasteiger partial charge in [0.1, 0.15) is 12.4 Å². The molecule has 0 saturated heterocycles. The van der Waals surface area contributed by atoms with Crippen LogP contribution in [0.4, 0.5) is 5.69 Å². The van der Waals surface area contributed by atoms with Crippen LogP contribution in [0.1, 0.15) is 10.4 Å². The van der Waals surface area contributed by atoms with Gasteiger partial charge in [-0.1, -0.05) is 30.3 Å². The van der Waals surface area contributed by atoms with Gasteiger partial charge in [0.15, 0.2) is 0 Å². The number of amides is 1. The molecule has 24 heavy (non-hydrogen) atoms. The summed E-state index contributed by atoms with van der Waals surface area (Å²) in [6.07, 6.45) is 4.95. The van der Waals surface area contributed by atoms with E-state index in [2.05, 4.69) is 10.3 Å².